The Hall–Kier alpha value is -2.42. The number of ether oxygens (including phenoxy) is 2. The maximum atomic E-state index is 12.8. The van der Waals surface area contributed by atoms with Crippen LogP contribution in [0.1, 0.15) is 22.8 Å². The molecule has 7 nitrogen and oxygen atoms in total. The van der Waals surface area contributed by atoms with E-state index in [1.54, 1.807) is 55.6 Å². The predicted molar refractivity (Wildman–Crippen MR) is 107 cm³/mol. The quantitative estimate of drug-likeness (QED) is 0.691. The topological polar surface area (TPSA) is 84.9 Å². The van der Waals surface area contributed by atoms with Gasteiger partial charge in [0.15, 0.2) is 0 Å². The average Bonchev–Trinajstić information content (AvgIpc) is 2.68. The van der Waals surface area contributed by atoms with Gasteiger partial charge in [-0.3, -0.25) is 4.79 Å². The van der Waals surface area contributed by atoms with Gasteiger partial charge < -0.3 is 14.8 Å². The summed E-state index contributed by atoms with van der Waals surface area (Å²) >= 11 is 0. The van der Waals surface area contributed by atoms with Crippen molar-refractivity contribution >= 4 is 15.9 Å². The molecule has 0 saturated carbocycles. The summed E-state index contributed by atoms with van der Waals surface area (Å²) in [5, 5.41) is 2.83. The van der Waals surface area contributed by atoms with Crippen LogP contribution < -0.4 is 10.1 Å². The van der Waals surface area contributed by atoms with Crippen LogP contribution in [0.25, 0.3) is 0 Å². The van der Waals surface area contributed by atoms with Crippen LogP contribution in [0.5, 0.6) is 5.75 Å². The Morgan fingerprint density at radius 1 is 1.14 bits per heavy atom. The standard InChI is InChI=1S/C20H26N2O5S/c1-15(14-26-3)21-20(23)16-10-11-19(27-4)17(12-16)13-22(2)28(24,25)18-8-6-5-7-9-18/h5-12,15H,13-14H2,1-4H3,(H,21,23). The number of benzene rings is 2. The smallest absolute Gasteiger partial charge is 0.251 e. The van der Waals surface area contributed by atoms with Crippen molar-refractivity contribution in [3.63, 3.8) is 0 Å². The molecule has 0 aromatic heterocycles. The molecule has 1 atom stereocenters. The lowest BCUT2D eigenvalue weighted by molar-refractivity contribution is 0.0905. The molecule has 0 saturated heterocycles. The molecule has 1 amide bonds. The van der Waals surface area contributed by atoms with Crippen molar-refractivity contribution in [2.75, 3.05) is 27.9 Å². The number of hydrogen-bond donors (Lipinski definition) is 1. The number of nitrogens with one attached hydrogen (secondary N) is 1. The fourth-order valence-corrected chi connectivity index (χ4v) is 3.91. The van der Waals surface area contributed by atoms with Crippen molar-refractivity contribution in [2.24, 2.45) is 0 Å². The van der Waals surface area contributed by atoms with Gasteiger partial charge in [-0.2, -0.15) is 4.31 Å². The molecule has 1 N–H and O–H groups in total. The molecule has 0 fully saturated rings. The lowest BCUT2D eigenvalue weighted by atomic mass is 10.1. The maximum absolute atomic E-state index is 12.8. The Balaban J connectivity index is 2.25. The highest BCUT2D eigenvalue weighted by atomic mass is 32.2. The number of amides is 1. The summed E-state index contributed by atoms with van der Waals surface area (Å²) in [6, 6.07) is 13.0. The molecule has 2 aromatic rings. The molecule has 0 aliphatic rings. The highest BCUT2D eigenvalue weighted by molar-refractivity contribution is 7.89. The molecule has 2 rings (SSSR count). The van der Waals surface area contributed by atoms with E-state index in [9.17, 15) is 13.2 Å². The summed E-state index contributed by atoms with van der Waals surface area (Å²) in [5.41, 5.74) is 1.01. The van der Waals surface area contributed by atoms with E-state index in [1.807, 2.05) is 6.92 Å². The minimum Gasteiger partial charge on any atom is -0.496 e. The second-order valence-corrected chi connectivity index (χ2v) is 8.48. The summed E-state index contributed by atoms with van der Waals surface area (Å²) in [6.45, 7) is 2.30. The van der Waals surface area contributed by atoms with Crippen LogP contribution in [0.15, 0.2) is 53.4 Å². The molecular weight excluding hydrogens is 380 g/mol. The minimum absolute atomic E-state index is 0.0646. The van der Waals surface area contributed by atoms with Gasteiger partial charge in [-0.05, 0) is 37.3 Å². The van der Waals surface area contributed by atoms with E-state index in [2.05, 4.69) is 5.32 Å². The normalized spacial score (nSPS) is 12.6. The molecule has 28 heavy (non-hydrogen) atoms. The number of sulfonamides is 1. The zero-order valence-electron chi connectivity index (χ0n) is 16.5. The van der Waals surface area contributed by atoms with Gasteiger partial charge in [0.2, 0.25) is 10.0 Å². The largest absolute Gasteiger partial charge is 0.496 e. The molecule has 1 unspecified atom stereocenters. The van der Waals surface area contributed by atoms with Crippen LogP contribution in [0, 0.1) is 0 Å². The fraction of sp³-hybridized carbons (Fsp3) is 0.350. The van der Waals surface area contributed by atoms with Gasteiger partial charge in [0.05, 0.1) is 18.6 Å². The van der Waals surface area contributed by atoms with E-state index in [0.29, 0.717) is 23.5 Å². The third-order valence-corrected chi connectivity index (χ3v) is 6.00. The van der Waals surface area contributed by atoms with E-state index in [4.69, 9.17) is 9.47 Å². The van der Waals surface area contributed by atoms with E-state index in [0.717, 1.165) is 0 Å². The zero-order chi connectivity index (χ0) is 20.7. The van der Waals surface area contributed by atoms with Crippen molar-refractivity contribution in [3.8, 4) is 5.75 Å². The predicted octanol–water partition coefficient (Wildman–Crippen LogP) is 2.28. The van der Waals surface area contributed by atoms with Crippen LogP contribution >= 0.6 is 0 Å². The van der Waals surface area contributed by atoms with Crippen molar-refractivity contribution in [1.82, 2.24) is 9.62 Å². The molecule has 152 valence electrons. The van der Waals surface area contributed by atoms with Crippen LogP contribution in [0.4, 0.5) is 0 Å². The van der Waals surface area contributed by atoms with Crippen molar-refractivity contribution in [2.45, 2.75) is 24.4 Å². The molecule has 0 aliphatic carbocycles. The molecule has 0 spiro atoms. The monoisotopic (exact) mass is 406 g/mol. The molecule has 0 aliphatic heterocycles. The Morgan fingerprint density at radius 3 is 2.43 bits per heavy atom. The molecule has 2 aromatic carbocycles. The first-order chi connectivity index (χ1) is 13.3. The maximum Gasteiger partial charge on any atom is 0.251 e. The second-order valence-electron chi connectivity index (χ2n) is 6.43. The highest BCUT2D eigenvalue weighted by Crippen LogP contribution is 2.24. The molecule has 0 heterocycles. The SMILES string of the molecule is COCC(C)NC(=O)c1ccc(OC)c(CN(C)S(=O)(=O)c2ccccc2)c1. The van der Waals surface area contributed by atoms with Gasteiger partial charge in [0, 0.05) is 37.9 Å². The molecule has 0 radical (unpaired) electrons. The van der Waals surface area contributed by atoms with Gasteiger partial charge in [0.25, 0.3) is 5.91 Å². The van der Waals surface area contributed by atoms with Crippen molar-refractivity contribution < 1.29 is 22.7 Å². The Bertz CT molecular complexity index is 900. The third kappa shape index (κ3) is 5.31. The molecular formula is C20H26N2O5S. The van der Waals surface area contributed by atoms with Gasteiger partial charge in [-0.25, -0.2) is 8.42 Å². The van der Waals surface area contributed by atoms with E-state index < -0.39 is 10.0 Å². The first-order valence-electron chi connectivity index (χ1n) is 8.77. The number of rotatable bonds is 9. The van der Waals surface area contributed by atoms with E-state index in [1.165, 1.54) is 18.5 Å². The summed E-state index contributed by atoms with van der Waals surface area (Å²) in [6.07, 6.45) is 0. The number of hydrogen-bond acceptors (Lipinski definition) is 5. The number of carbonyl (C=O) groups is 1. The first-order valence-corrected chi connectivity index (χ1v) is 10.2. The Morgan fingerprint density at radius 2 is 1.82 bits per heavy atom. The minimum atomic E-state index is -3.66. The highest BCUT2D eigenvalue weighted by Gasteiger charge is 2.22. The zero-order valence-corrected chi connectivity index (χ0v) is 17.3. The summed E-state index contributed by atoms with van der Waals surface area (Å²) < 4.78 is 37.1. The Labute approximate surface area is 166 Å². The molecule has 8 heteroatoms. The van der Waals surface area contributed by atoms with Crippen LogP contribution in [0.2, 0.25) is 0 Å². The third-order valence-electron chi connectivity index (χ3n) is 4.18. The summed E-state index contributed by atoms with van der Waals surface area (Å²) in [7, 11) is 0.906. The van der Waals surface area contributed by atoms with Crippen molar-refractivity contribution in [3.05, 3.63) is 59.7 Å². The fourth-order valence-electron chi connectivity index (χ4n) is 2.74. The summed E-state index contributed by atoms with van der Waals surface area (Å²) in [4.78, 5) is 12.7. The van der Waals surface area contributed by atoms with Gasteiger partial charge in [-0.15, -0.1) is 0 Å². The number of carbonyl (C=O) groups excluding carboxylic acids is 1. The van der Waals surface area contributed by atoms with E-state index >= 15 is 0 Å². The number of methoxy groups -OCH3 is 2. The van der Waals surface area contributed by atoms with Crippen LogP contribution in [-0.4, -0.2) is 52.5 Å². The van der Waals surface area contributed by atoms with Crippen LogP contribution in [-0.2, 0) is 21.3 Å². The van der Waals surface area contributed by atoms with Crippen LogP contribution in [0.3, 0.4) is 0 Å². The van der Waals surface area contributed by atoms with Crippen molar-refractivity contribution in [1.29, 1.82) is 0 Å². The van der Waals surface area contributed by atoms with E-state index in [-0.39, 0.29) is 23.4 Å². The lowest BCUT2D eigenvalue weighted by Crippen LogP contribution is -2.35. The average molecular weight is 407 g/mol. The van der Waals surface area contributed by atoms with Gasteiger partial charge >= 0.3 is 0 Å². The lowest BCUT2D eigenvalue weighted by Gasteiger charge is -2.20. The first kappa shape index (κ1) is 21.9. The van der Waals surface area contributed by atoms with Gasteiger partial charge in [-0.1, -0.05) is 18.2 Å². The summed E-state index contributed by atoms with van der Waals surface area (Å²) in [5.74, 6) is 0.249. The second kappa shape index (κ2) is 9.68. The van der Waals surface area contributed by atoms with Gasteiger partial charge in [0.1, 0.15) is 5.75 Å². The Kier molecular flexibility index (Phi) is 7.56. The number of nitrogens with zero attached hydrogens (tertiary/aromatic N) is 1. The molecule has 0 bridgehead atoms.